The second-order valence-electron chi connectivity index (χ2n) is 4.24. The Labute approximate surface area is 96.1 Å². The van der Waals surface area contributed by atoms with E-state index in [2.05, 4.69) is 13.8 Å². The standard InChI is InChI=1S/C12H18ClNO/c1-8(2)7-11(15)12(14)9-5-3-4-6-10(9)13/h3-6,8,11-12,15H,7,14H2,1-2H3/t11-,12+/m1/s1. The molecule has 0 aliphatic heterocycles. The highest BCUT2D eigenvalue weighted by molar-refractivity contribution is 6.31. The van der Waals surface area contributed by atoms with Gasteiger partial charge in [-0.25, -0.2) is 0 Å². The molecule has 0 aliphatic rings. The molecule has 0 aromatic heterocycles. The fourth-order valence-electron chi connectivity index (χ4n) is 1.58. The van der Waals surface area contributed by atoms with Crippen molar-refractivity contribution in [2.24, 2.45) is 11.7 Å². The van der Waals surface area contributed by atoms with Crippen LogP contribution in [-0.2, 0) is 0 Å². The van der Waals surface area contributed by atoms with Crippen LogP contribution in [0.2, 0.25) is 5.02 Å². The van der Waals surface area contributed by atoms with Crippen molar-refractivity contribution in [2.75, 3.05) is 0 Å². The zero-order valence-electron chi connectivity index (χ0n) is 9.15. The number of nitrogens with two attached hydrogens (primary N) is 1. The van der Waals surface area contributed by atoms with Crippen LogP contribution in [0.1, 0.15) is 31.9 Å². The Morgan fingerprint density at radius 3 is 2.47 bits per heavy atom. The van der Waals surface area contributed by atoms with Gasteiger partial charge in [0.15, 0.2) is 0 Å². The van der Waals surface area contributed by atoms with Crippen LogP contribution in [0.15, 0.2) is 24.3 Å². The van der Waals surface area contributed by atoms with E-state index < -0.39 is 12.1 Å². The molecule has 0 bridgehead atoms. The molecule has 3 N–H and O–H groups in total. The van der Waals surface area contributed by atoms with Gasteiger partial charge in [0.25, 0.3) is 0 Å². The molecule has 2 nitrogen and oxygen atoms in total. The number of rotatable bonds is 4. The van der Waals surface area contributed by atoms with E-state index in [4.69, 9.17) is 17.3 Å². The summed E-state index contributed by atoms with van der Waals surface area (Å²) < 4.78 is 0. The van der Waals surface area contributed by atoms with E-state index in [-0.39, 0.29) is 0 Å². The quantitative estimate of drug-likeness (QED) is 0.831. The number of halogens is 1. The molecule has 0 spiro atoms. The Kier molecular flexibility index (Phi) is 4.58. The van der Waals surface area contributed by atoms with Crippen LogP contribution >= 0.6 is 11.6 Å². The molecule has 0 saturated heterocycles. The lowest BCUT2D eigenvalue weighted by molar-refractivity contribution is 0.121. The highest BCUT2D eigenvalue weighted by Gasteiger charge is 2.19. The summed E-state index contributed by atoms with van der Waals surface area (Å²) in [6, 6.07) is 6.98. The first-order valence-corrected chi connectivity index (χ1v) is 5.58. The molecular formula is C12H18ClNO. The van der Waals surface area contributed by atoms with E-state index in [1.807, 2.05) is 18.2 Å². The Morgan fingerprint density at radius 2 is 1.93 bits per heavy atom. The van der Waals surface area contributed by atoms with E-state index in [1.54, 1.807) is 6.07 Å². The summed E-state index contributed by atoms with van der Waals surface area (Å²) in [6.07, 6.45) is 0.150. The molecule has 1 rings (SSSR count). The van der Waals surface area contributed by atoms with Crippen molar-refractivity contribution < 1.29 is 5.11 Å². The highest BCUT2D eigenvalue weighted by atomic mass is 35.5. The van der Waals surface area contributed by atoms with Crippen LogP contribution in [0.25, 0.3) is 0 Å². The normalized spacial score (nSPS) is 15.3. The molecule has 84 valence electrons. The molecule has 1 aromatic rings. The molecule has 0 fully saturated rings. The molecule has 15 heavy (non-hydrogen) atoms. The average Bonchev–Trinajstić information content (AvgIpc) is 2.16. The number of hydrogen-bond donors (Lipinski definition) is 2. The Hall–Kier alpha value is -0.570. The predicted molar refractivity (Wildman–Crippen MR) is 63.8 cm³/mol. The van der Waals surface area contributed by atoms with Crippen LogP contribution in [-0.4, -0.2) is 11.2 Å². The number of hydrogen-bond acceptors (Lipinski definition) is 2. The van der Waals surface area contributed by atoms with Gasteiger partial charge >= 0.3 is 0 Å². The van der Waals surface area contributed by atoms with Crippen molar-refractivity contribution in [3.05, 3.63) is 34.9 Å². The maximum Gasteiger partial charge on any atom is 0.0735 e. The van der Waals surface area contributed by atoms with E-state index in [0.717, 1.165) is 5.56 Å². The van der Waals surface area contributed by atoms with Crippen LogP contribution in [0.3, 0.4) is 0 Å². The SMILES string of the molecule is CC(C)C[C@@H](O)[C@@H](N)c1ccccc1Cl. The first-order valence-electron chi connectivity index (χ1n) is 5.20. The molecule has 3 heteroatoms. The maximum absolute atomic E-state index is 9.88. The Balaban J connectivity index is 2.76. The van der Waals surface area contributed by atoms with Gasteiger partial charge < -0.3 is 10.8 Å². The lowest BCUT2D eigenvalue weighted by Crippen LogP contribution is -2.27. The summed E-state index contributed by atoms with van der Waals surface area (Å²) in [5.74, 6) is 0.425. The number of benzene rings is 1. The minimum Gasteiger partial charge on any atom is -0.391 e. The lowest BCUT2D eigenvalue weighted by atomic mass is 9.95. The predicted octanol–water partition coefficient (Wildman–Crippen LogP) is 2.75. The summed E-state index contributed by atoms with van der Waals surface area (Å²) >= 11 is 6.01. The van der Waals surface area contributed by atoms with Gasteiger partial charge in [-0.15, -0.1) is 0 Å². The third kappa shape index (κ3) is 3.49. The van der Waals surface area contributed by atoms with Crippen molar-refractivity contribution in [2.45, 2.75) is 32.4 Å². The van der Waals surface area contributed by atoms with Crippen LogP contribution in [0.4, 0.5) is 0 Å². The molecule has 1 aromatic carbocycles. The second-order valence-corrected chi connectivity index (χ2v) is 4.65. The smallest absolute Gasteiger partial charge is 0.0735 e. The molecule has 2 atom stereocenters. The largest absolute Gasteiger partial charge is 0.391 e. The fourth-order valence-corrected chi connectivity index (χ4v) is 1.84. The van der Waals surface area contributed by atoms with E-state index >= 15 is 0 Å². The van der Waals surface area contributed by atoms with Gasteiger partial charge in [-0.3, -0.25) is 0 Å². The van der Waals surface area contributed by atoms with Gasteiger partial charge in [0.2, 0.25) is 0 Å². The van der Waals surface area contributed by atoms with E-state index in [9.17, 15) is 5.11 Å². The lowest BCUT2D eigenvalue weighted by Gasteiger charge is -2.21. The summed E-state index contributed by atoms with van der Waals surface area (Å²) in [4.78, 5) is 0. The third-order valence-corrected chi connectivity index (χ3v) is 2.74. The zero-order valence-corrected chi connectivity index (χ0v) is 9.91. The monoisotopic (exact) mass is 227 g/mol. The third-order valence-electron chi connectivity index (χ3n) is 2.39. The minimum absolute atomic E-state index is 0.402. The van der Waals surface area contributed by atoms with Gasteiger partial charge in [-0.05, 0) is 24.0 Å². The summed E-state index contributed by atoms with van der Waals surface area (Å²) in [5, 5.41) is 10.5. The summed E-state index contributed by atoms with van der Waals surface area (Å²) in [6.45, 7) is 4.12. The van der Waals surface area contributed by atoms with Gasteiger partial charge in [-0.2, -0.15) is 0 Å². The molecule has 0 amide bonds. The molecule has 0 radical (unpaired) electrons. The minimum atomic E-state index is -0.537. The topological polar surface area (TPSA) is 46.2 Å². The Bertz CT molecular complexity index is 314. The average molecular weight is 228 g/mol. The molecule has 0 unspecified atom stereocenters. The molecule has 0 aliphatic carbocycles. The molecule has 0 heterocycles. The van der Waals surface area contributed by atoms with Crippen molar-refractivity contribution in [3.8, 4) is 0 Å². The van der Waals surface area contributed by atoms with Crippen molar-refractivity contribution >= 4 is 11.6 Å². The van der Waals surface area contributed by atoms with Gasteiger partial charge in [0.1, 0.15) is 0 Å². The first-order chi connectivity index (χ1) is 7.02. The van der Waals surface area contributed by atoms with Crippen molar-refractivity contribution in [1.82, 2.24) is 0 Å². The molecular weight excluding hydrogens is 210 g/mol. The highest BCUT2D eigenvalue weighted by Crippen LogP contribution is 2.25. The van der Waals surface area contributed by atoms with Crippen LogP contribution in [0.5, 0.6) is 0 Å². The van der Waals surface area contributed by atoms with Crippen molar-refractivity contribution in [3.63, 3.8) is 0 Å². The van der Waals surface area contributed by atoms with Gasteiger partial charge in [-0.1, -0.05) is 43.6 Å². The zero-order chi connectivity index (χ0) is 11.4. The number of aliphatic hydroxyl groups excluding tert-OH is 1. The Morgan fingerprint density at radius 1 is 1.33 bits per heavy atom. The number of aliphatic hydroxyl groups is 1. The van der Waals surface area contributed by atoms with Crippen molar-refractivity contribution in [1.29, 1.82) is 0 Å². The summed E-state index contributed by atoms with van der Waals surface area (Å²) in [7, 11) is 0. The van der Waals surface area contributed by atoms with Gasteiger partial charge in [0, 0.05) is 5.02 Å². The van der Waals surface area contributed by atoms with Crippen LogP contribution in [0, 0.1) is 5.92 Å². The van der Waals surface area contributed by atoms with E-state index in [1.165, 1.54) is 0 Å². The fraction of sp³-hybridized carbons (Fsp3) is 0.500. The second kappa shape index (κ2) is 5.50. The van der Waals surface area contributed by atoms with E-state index in [0.29, 0.717) is 17.4 Å². The first kappa shape index (κ1) is 12.5. The molecule has 0 saturated carbocycles. The summed E-state index contributed by atoms with van der Waals surface area (Å²) in [5.41, 5.74) is 6.77. The van der Waals surface area contributed by atoms with Crippen LogP contribution < -0.4 is 5.73 Å². The van der Waals surface area contributed by atoms with Gasteiger partial charge in [0.05, 0.1) is 12.1 Å². The maximum atomic E-state index is 9.88.